The first kappa shape index (κ1) is 21.7. The Morgan fingerprint density at radius 2 is 1.82 bits per heavy atom. The molecule has 0 aliphatic heterocycles. The number of benzene rings is 1. The predicted octanol–water partition coefficient (Wildman–Crippen LogP) is 3.32. The zero-order valence-corrected chi connectivity index (χ0v) is 16.8. The number of rotatable bonds is 7. The molecule has 0 bridgehead atoms. The van der Waals surface area contributed by atoms with Gasteiger partial charge in [-0.05, 0) is 30.2 Å². The van der Waals surface area contributed by atoms with E-state index in [1.54, 1.807) is 44.2 Å². The Labute approximate surface area is 172 Å². The van der Waals surface area contributed by atoms with Gasteiger partial charge >= 0.3 is 5.97 Å². The van der Waals surface area contributed by atoms with Crippen molar-refractivity contribution in [2.75, 3.05) is 11.9 Å². The summed E-state index contributed by atoms with van der Waals surface area (Å²) in [7, 11) is 0. The van der Waals surface area contributed by atoms with Crippen LogP contribution < -0.4 is 10.6 Å². The smallest absolute Gasteiger partial charge is 0.329 e. The Hall–Kier alpha value is -2.64. The highest BCUT2D eigenvalue weighted by Crippen LogP contribution is 2.16. The Balaban J connectivity index is 1.93. The molecule has 0 aliphatic rings. The molecule has 0 spiro atoms. The topological polar surface area (TPSA) is 97.4 Å². The van der Waals surface area contributed by atoms with Gasteiger partial charge < -0.3 is 15.4 Å². The lowest BCUT2D eigenvalue weighted by Crippen LogP contribution is -2.46. The van der Waals surface area contributed by atoms with Gasteiger partial charge in [-0.1, -0.05) is 49.2 Å². The molecule has 1 heterocycles. The van der Waals surface area contributed by atoms with Gasteiger partial charge in [0.25, 0.3) is 11.8 Å². The van der Waals surface area contributed by atoms with Crippen LogP contribution in [0.3, 0.4) is 0 Å². The van der Waals surface area contributed by atoms with Gasteiger partial charge in [-0.15, -0.1) is 0 Å². The molecule has 1 aromatic carbocycles. The molecule has 0 saturated heterocycles. The molecular weight excluding hydrogens is 405 g/mol. The standard InChI is InChI=1S/C19H19Cl2N3O4/c1-11(2)17(24-18(26)13-5-3-4-6-14(13)21)19(27)28-10-16(25)23-15-8-7-12(20)9-22-15/h3-9,11,17H,10H2,1-2H3,(H,24,26)(H,22,23,25)/t17-/m0/s1. The second-order valence-electron chi connectivity index (χ2n) is 6.19. The number of nitrogens with one attached hydrogen (secondary N) is 2. The lowest BCUT2D eigenvalue weighted by Gasteiger charge is -2.21. The molecule has 0 fully saturated rings. The van der Waals surface area contributed by atoms with E-state index in [1.807, 2.05) is 0 Å². The number of aromatic nitrogens is 1. The maximum atomic E-state index is 12.4. The van der Waals surface area contributed by atoms with Crippen molar-refractivity contribution in [1.82, 2.24) is 10.3 Å². The molecule has 0 unspecified atom stereocenters. The summed E-state index contributed by atoms with van der Waals surface area (Å²) < 4.78 is 5.04. The first-order valence-electron chi connectivity index (χ1n) is 8.41. The van der Waals surface area contributed by atoms with Crippen molar-refractivity contribution >= 4 is 46.8 Å². The van der Waals surface area contributed by atoms with E-state index in [2.05, 4.69) is 15.6 Å². The SMILES string of the molecule is CC(C)[C@H](NC(=O)c1ccccc1Cl)C(=O)OCC(=O)Nc1ccc(Cl)cn1. The van der Waals surface area contributed by atoms with Gasteiger partial charge in [-0.3, -0.25) is 9.59 Å². The van der Waals surface area contributed by atoms with Crippen LogP contribution >= 0.6 is 23.2 Å². The number of anilines is 1. The van der Waals surface area contributed by atoms with Crippen molar-refractivity contribution in [1.29, 1.82) is 0 Å². The maximum Gasteiger partial charge on any atom is 0.329 e. The van der Waals surface area contributed by atoms with E-state index in [-0.39, 0.29) is 22.3 Å². The van der Waals surface area contributed by atoms with Gasteiger partial charge in [0.1, 0.15) is 11.9 Å². The van der Waals surface area contributed by atoms with Gasteiger partial charge in [0.05, 0.1) is 15.6 Å². The van der Waals surface area contributed by atoms with Crippen molar-refractivity contribution in [3.05, 3.63) is 58.2 Å². The quantitative estimate of drug-likeness (QED) is 0.665. The average Bonchev–Trinajstić information content (AvgIpc) is 2.66. The lowest BCUT2D eigenvalue weighted by molar-refractivity contribution is -0.150. The summed E-state index contributed by atoms with van der Waals surface area (Å²) >= 11 is 11.7. The second kappa shape index (κ2) is 10.1. The summed E-state index contributed by atoms with van der Waals surface area (Å²) in [5.41, 5.74) is 0.245. The largest absolute Gasteiger partial charge is 0.454 e. The number of hydrogen-bond acceptors (Lipinski definition) is 5. The van der Waals surface area contributed by atoms with Crippen LogP contribution in [-0.2, 0) is 14.3 Å². The van der Waals surface area contributed by atoms with Crippen LogP contribution in [0.15, 0.2) is 42.6 Å². The van der Waals surface area contributed by atoms with Gasteiger partial charge in [-0.2, -0.15) is 0 Å². The van der Waals surface area contributed by atoms with E-state index in [4.69, 9.17) is 27.9 Å². The minimum Gasteiger partial charge on any atom is -0.454 e. The third-order valence-electron chi connectivity index (χ3n) is 3.67. The number of esters is 1. The number of halogens is 2. The molecule has 2 amide bonds. The van der Waals surface area contributed by atoms with E-state index >= 15 is 0 Å². The molecule has 2 aromatic rings. The van der Waals surface area contributed by atoms with Crippen molar-refractivity contribution in [2.24, 2.45) is 5.92 Å². The van der Waals surface area contributed by atoms with Gasteiger partial charge in [0.15, 0.2) is 6.61 Å². The number of ether oxygens (including phenoxy) is 1. The number of hydrogen-bond donors (Lipinski definition) is 2. The Bertz CT molecular complexity index is 857. The van der Waals surface area contributed by atoms with Crippen molar-refractivity contribution in [3.8, 4) is 0 Å². The first-order chi connectivity index (χ1) is 13.3. The Morgan fingerprint density at radius 3 is 2.43 bits per heavy atom. The zero-order chi connectivity index (χ0) is 20.7. The van der Waals surface area contributed by atoms with Crippen molar-refractivity contribution in [3.63, 3.8) is 0 Å². The highest BCUT2D eigenvalue weighted by molar-refractivity contribution is 6.33. The van der Waals surface area contributed by atoms with Gasteiger partial charge in [0, 0.05) is 6.20 Å². The van der Waals surface area contributed by atoms with Crippen LogP contribution in [0.1, 0.15) is 24.2 Å². The van der Waals surface area contributed by atoms with Crippen LogP contribution in [-0.4, -0.2) is 35.4 Å². The lowest BCUT2D eigenvalue weighted by atomic mass is 10.0. The molecule has 0 aliphatic carbocycles. The van der Waals surface area contributed by atoms with Crippen LogP contribution in [0.2, 0.25) is 10.0 Å². The summed E-state index contributed by atoms with van der Waals surface area (Å²) in [6, 6.07) is 8.63. The second-order valence-corrected chi connectivity index (χ2v) is 7.04. The van der Waals surface area contributed by atoms with Crippen molar-refractivity contribution < 1.29 is 19.1 Å². The molecule has 148 valence electrons. The number of carbonyl (C=O) groups is 3. The fourth-order valence-electron chi connectivity index (χ4n) is 2.22. The predicted molar refractivity (Wildman–Crippen MR) is 106 cm³/mol. The van der Waals surface area contributed by atoms with E-state index < -0.39 is 30.4 Å². The monoisotopic (exact) mass is 423 g/mol. The zero-order valence-electron chi connectivity index (χ0n) is 15.2. The normalized spacial score (nSPS) is 11.6. The summed E-state index contributed by atoms with van der Waals surface area (Å²) in [6.07, 6.45) is 1.38. The number of amides is 2. The van der Waals surface area contributed by atoms with Gasteiger partial charge in [0.2, 0.25) is 0 Å². The average molecular weight is 424 g/mol. The third-order valence-corrected chi connectivity index (χ3v) is 4.22. The van der Waals surface area contributed by atoms with E-state index in [0.717, 1.165) is 0 Å². The molecule has 0 saturated carbocycles. The number of nitrogens with zero attached hydrogens (tertiary/aromatic N) is 1. The molecule has 2 N–H and O–H groups in total. The third kappa shape index (κ3) is 6.21. The van der Waals surface area contributed by atoms with E-state index in [1.165, 1.54) is 12.3 Å². The van der Waals surface area contributed by atoms with Gasteiger partial charge in [-0.25, -0.2) is 9.78 Å². The highest BCUT2D eigenvalue weighted by Gasteiger charge is 2.27. The Morgan fingerprint density at radius 1 is 1.11 bits per heavy atom. The fraction of sp³-hybridized carbons (Fsp3) is 0.263. The summed E-state index contributed by atoms with van der Waals surface area (Å²) in [4.78, 5) is 40.6. The highest BCUT2D eigenvalue weighted by atomic mass is 35.5. The minimum absolute atomic E-state index is 0.245. The molecule has 0 radical (unpaired) electrons. The molecule has 9 heteroatoms. The molecule has 1 aromatic heterocycles. The number of carbonyl (C=O) groups excluding carboxylic acids is 3. The fourth-order valence-corrected chi connectivity index (χ4v) is 2.55. The van der Waals surface area contributed by atoms with E-state index in [9.17, 15) is 14.4 Å². The van der Waals surface area contributed by atoms with E-state index in [0.29, 0.717) is 5.02 Å². The molecule has 7 nitrogen and oxygen atoms in total. The first-order valence-corrected chi connectivity index (χ1v) is 9.17. The van der Waals surface area contributed by atoms with Crippen LogP contribution in [0.5, 0.6) is 0 Å². The Kier molecular flexibility index (Phi) is 7.78. The molecule has 2 rings (SSSR count). The van der Waals surface area contributed by atoms with Crippen LogP contribution in [0, 0.1) is 5.92 Å². The maximum absolute atomic E-state index is 12.4. The number of pyridine rings is 1. The summed E-state index contributed by atoms with van der Waals surface area (Å²) in [5.74, 6) is -1.79. The minimum atomic E-state index is -0.940. The molecular formula is C19H19Cl2N3O4. The molecule has 1 atom stereocenters. The molecule has 28 heavy (non-hydrogen) atoms. The van der Waals surface area contributed by atoms with Crippen LogP contribution in [0.4, 0.5) is 5.82 Å². The summed E-state index contributed by atoms with van der Waals surface area (Å²) in [6.45, 7) is 2.97. The van der Waals surface area contributed by atoms with Crippen molar-refractivity contribution in [2.45, 2.75) is 19.9 Å². The summed E-state index contributed by atoms with van der Waals surface area (Å²) in [5, 5.41) is 5.77. The van der Waals surface area contributed by atoms with Crippen LogP contribution in [0.25, 0.3) is 0 Å².